The van der Waals surface area contributed by atoms with Crippen molar-refractivity contribution >= 4 is 5.95 Å². The lowest BCUT2D eigenvalue weighted by molar-refractivity contribution is 0.0565. The molecule has 2 heterocycles. The standard InChI is InChI=1S/C17H25N3O2/c21-14-8-5-9-15(14)22-16-12-6-1-2-7-13(12)18-17(19-16)20-10-3-4-11-20/h14-15,21H,1-11H2/t14-,15+/m0/s1. The predicted molar refractivity (Wildman–Crippen MR) is 84.4 cm³/mol. The van der Waals surface area contributed by atoms with Gasteiger partial charge in [-0.25, -0.2) is 4.98 Å². The van der Waals surface area contributed by atoms with Crippen LogP contribution in [0.25, 0.3) is 0 Å². The zero-order valence-electron chi connectivity index (χ0n) is 13.1. The Hall–Kier alpha value is -1.36. The summed E-state index contributed by atoms with van der Waals surface area (Å²) in [7, 11) is 0. The molecule has 5 nitrogen and oxygen atoms in total. The van der Waals surface area contributed by atoms with Crippen LogP contribution in [-0.2, 0) is 12.8 Å². The third kappa shape index (κ3) is 2.67. The molecular weight excluding hydrogens is 278 g/mol. The molecule has 1 aromatic rings. The van der Waals surface area contributed by atoms with Crippen molar-refractivity contribution < 1.29 is 9.84 Å². The molecule has 22 heavy (non-hydrogen) atoms. The average Bonchev–Trinajstić information content (AvgIpc) is 3.20. The van der Waals surface area contributed by atoms with Crippen molar-refractivity contribution in [1.82, 2.24) is 9.97 Å². The van der Waals surface area contributed by atoms with Crippen molar-refractivity contribution in [1.29, 1.82) is 0 Å². The molecular formula is C17H25N3O2. The van der Waals surface area contributed by atoms with Crippen molar-refractivity contribution in [2.24, 2.45) is 0 Å². The first-order chi connectivity index (χ1) is 10.8. The highest BCUT2D eigenvalue weighted by Crippen LogP contribution is 2.33. The molecule has 1 aliphatic heterocycles. The summed E-state index contributed by atoms with van der Waals surface area (Å²) in [6, 6.07) is 0. The third-order valence-corrected chi connectivity index (χ3v) is 5.20. The lowest BCUT2D eigenvalue weighted by Crippen LogP contribution is -2.28. The second-order valence-electron chi connectivity index (χ2n) is 6.81. The molecule has 1 saturated heterocycles. The first kappa shape index (κ1) is 14.2. The third-order valence-electron chi connectivity index (χ3n) is 5.20. The van der Waals surface area contributed by atoms with Crippen LogP contribution in [0.3, 0.4) is 0 Å². The summed E-state index contributed by atoms with van der Waals surface area (Å²) in [5.74, 6) is 1.58. The van der Waals surface area contributed by atoms with Crippen LogP contribution in [-0.4, -0.2) is 40.4 Å². The molecule has 1 aromatic heterocycles. The van der Waals surface area contributed by atoms with E-state index in [0.29, 0.717) is 0 Å². The lowest BCUT2D eigenvalue weighted by atomic mass is 9.97. The molecule has 0 bridgehead atoms. The SMILES string of the molecule is O[C@H]1CCC[C@H]1Oc1nc(N2CCCC2)nc2c1CCCC2. The number of hydrogen-bond acceptors (Lipinski definition) is 5. The number of aliphatic hydroxyl groups excluding tert-OH is 1. The number of aromatic nitrogens is 2. The fraction of sp³-hybridized carbons (Fsp3) is 0.765. The number of rotatable bonds is 3. The van der Waals surface area contributed by atoms with Crippen LogP contribution < -0.4 is 9.64 Å². The molecule has 5 heteroatoms. The molecule has 120 valence electrons. The van der Waals surface area contributed by atoms with Gasteiger partial charge in [-0.05, 0) is 57.8 Å². The van der Waals surface area contributed by atoms with Crippen LogP contribution in [0, 0.1) is 0 Å². The molecule has 3 aliphatic rings. The fourth-order valence-electron chi connectivity index (χ4n) is 3.89. The quantitative estimate of drug-likeness (QED) is 0.928. The number of hydrogen-bond donors (Lipinski definition) is 1. The maximum Gasteiger partial charge on any atom is 0.228 e. The van der Waals surface area contributed by atoms with Crippen LogP contribution in [0.2, 0.25) is 0 Å². The highest BCUT2D eigenvalue weighted by Gasteiger charge is 2.30. The molecule has 2 atom stereocenters. The molecule has 4 rings (SSSR count). The largest absolute Gasteiger partial charge is 0.471 e. The van der Waals surface area contributed by atoms with E-state index < -0.39 is 0 Å². The molecule has 0 unspecified atom stereocenters. The van der Waals surface area contributed by atoms with Crippen LogP contribution in [0.5, 0.6) is 5.88 Å². The first-order valence-electron chi connectivity index (χ1n) is 8.81. The minimum absolute atomic E-state index is 0.0904. The van der Waals surface area contributed by atoms with Crippen LogP contribution >= 0.6 is 0 Å². The average molecular weight is 303 g/mol. The maximum absolute atomic E-state index is 10.1. The molecule has 0 aromatic carbocycles. The molecule has 0 spiro atoms. The summed E-state index contributed by atoms with van der Waals surface area (Å²) < 4.78 is 6.16. The van der Waals surface area contributed by atoms with Crippen molar-refractivity contribution in [3.8, 4) is 5.88 Å². The van der Waals surface area contributed by atoms with Crippen molar-refractivity contribution in [3.63, 3.8) is 0 Å². The minimum atomic E-state index is -0.343. The Kier molecular flexibility index (Phi) is 3.90. The van der Waals surface area contributed by atoms with Gasteiger partial charge in [0.1, 0.15) is 6.10 Å². The highest BCUT2D eigenvalue weighted by molar-refractivity contribution is 5.42. The monoisotopic (exact) mass is 303 g/mol. The molecule has 0 amide bonds. The topological polar surface area (TPSA) is 58.5 Å². The highest BCUT2D eigenvalue weighted by atomic mass is 16.5. The van der Waals surface area contributed by atoms with Crippen LogP contribution in [0.1, 0.15) is 56.2 Å². The van der Waals surface area contributed by atoms with E-state index in [0.717, 1.165) is 57.0 Å². The molecule has 1 saturated carbocycles. The van der Waals surface area contributed by atoms with Gasteiger partial charge in [-0.15, -0.1) is 0 Å². The van der Waals surface area contributed by atoms with Gasteiger partial charge in [-0.3, -0.25) is 0 Å². The van der Waals surface area contributed by atoms with Gasteiger partial charge in [0.05, 0.1) is 11.8 Å². The van der Waals surface area contributed by atoms with Gasteiger partial charge < -0.3 is 14.7 Å². The minimum Gasteiger partial charge on any atom is -0.471 e. The van der Waals surface area contributed by atoms with Crippen molar-refractivity contribution in [2.45, 2.75) is 70.0 Å². The van der Waals surface area contributed by atoms with E-state index in [2.05, 4.69) is 4.90 Å². The first-order valence-corrected chi connectivity index (χ1v) is 8.81. The Balaban J connectivity index is 1.66. The van der Waals surface area contributed by atoms with E-state index in [1.54, 1.807) is 0 Å². The van der Waals surface area contributed by atoms with Crippen molar-refractivity contribution in [3.05, 3.63) is 11.3 Å². The smallest absolute Gasteiger partial charge is 0.228 e. The second kappa shape index (κ2) is 6.03. The fourth-order valence-corrected chi connectivity index (χ4v) is 3.89. The van der Waals surface area contributed by atoms with E-state index in [-0.39, 0.29) is 12.2 Å². The summed E-state index contributed by atoms with van der Waals surface area (Å²) >= 11 is 0. The Morgan fingerprint density at radius 2 is 1.77 bits per heavy atom. The van der Waals surface area contributed by atoms with Crippen LogP contribution in [0.4, 0.5) is 5.95 Å². The van der Waals surface area contributed by atoms with E-state index in [4.69, 9.17) is 14.7 Å². The van der Waals surface area contributed by atoms with Gasteiger partial charge in [0, 0.05) is 18.7 Å². The van der Waals surface area contributed by atoms with E-state index in [9.17, 15) is 5.11 Å². The van der Waals surface area contributed by atoms with Crippen molar-refractivity contribution in [2.75, 3.05) is 18.0 Å². The number of nitrogens with zero attached hydrogens (tertiary/aromatic N) is 3. The number of aryl methyl sites for hydroxylation is 1. The summed E-state index contributed by atoms with van der Waals surface area (Å²) in [4.78, 5) is 11.8. The Morgan fingerprint density at radius 1 is 0.955 bits per heavy atom. The summed E-state index contributed by atoms with van der Waals surface area (Å²) in [6.45, 7) is 2.09. The zero-order chi connectivity index (χ0) is 14.9. The van der Waals surface area contributed by atoms with Gasteiger partial charge in [-0.1, -0.05) is 0 Å². The van der Waals surface area contributed by atoms with Gasteiger partial charge in [-0.2, -0.15) is 4.98 Å². The summed E-state index contributed by atoms with van der Waals surface area (Å²) in [5.41, 5.74) is 2.36. The number of ether oxygens (including phenoxy) is 1. The van der Waals surface area contributed by atoms with E-state index >= 15 is 0 Å². The Morgan fingerprint density at radius 3 is 2.55 bits per heavy atom. The zero-order valence-corrected chi connectivity index (χ0v) is 13.1. The molecule has 2 aliphatic carbocycles. The Bertz CT molecular complexity index is 543. The number of anilines is 1. The predicted octanol–water partition coefficient (Wildman–Crippen LogP) is 2.25. The molecule has 0 radical (unpaired) electrons. The summed E-state index contributed by atoms with van der Waals surface area (Å²) in [5, 5.41) is 10.1. The maximum atomic E-state index is 10.1. The van der Waals surface area contributed by atoms with Gasteiger partial charge >= 0.3 is 0 Å². The lowest BCUT2D eigenvalue weighted by Gasteiger charge is -2.25. The molecule has 2 fully saturated rings. The van der Waals surface area contributed by atoms with Gasteiger partial charge in [0.15, 0.2) is 0 Å². The number of fused-ring (bicyclic) bond motifs is 1. The van der Waals surface area contributed by atoms with Gasteiger partial charge in [0.25, 0.3) is 0 Å². The summed E-state index contributed by atoms with van der Waals surface area (Å²) in [6.07, 6.45) is 9.24. The second-order valence-corrected chi connectivity index (χ2v) is 6.81. The van der Waals surface area contributed by atoms with Gasteiger partial charge in [0.2, 0.25) is 11.8 Å². The molecule has 1 N–H and O–H groups in total. The normalized spacial score (nSPS) is 28.0. The van der Waals surface area contributed by atoms with E-state index in [1.165, 1.54) is 36.9 Å². The van der Waals surface area contributed by atoms with E-state index in [1.807, 2.05) is 0 Å². The Labute approximate surface area is 131 Å². The number of aliphatic hydroxyl groups is 1. The van der Waals surface area contributed by atoms with Crippen LogP contribution in [0.15, 0.2) is 0 Å².